The van der Waals surface area contributed by atoms with Gasteiger partial charge in [0.1, 0.15) is 0 Å². The summed E-state index contributed by atoms with van der Waals surface area (Å²) >= 11 is 3.77. The Balaban J connectivity index is 2.41. The molecule has 0 atom stereocenters. The Bertz CT molecular complexity index is 490. The van der Waals surface area contributed by atoms with Crippen LogP contribution in [0.2, 0.25) is 0 Å². The maximum Gasteiger partial charge on any atom is 0.0483 e. The molecule has 0 bridgehead atoms. The van der Waals surface area contributed by atoms with Gasteiger partial charge in [-0.25, -0.2) is 0 Å². The van der Waals surface area contributed by atoms with E-state index in [1.807, 2.05) is 22.7 Å². The molecule has 0 unspecified atom stereocenters. The highest BCUT2D eigenvalue weighted by molar-refractivity contribution is 7.20. The van der Waals surface area contributed by atoms with Crippen LogP contribution in [0.15, 0.2) is 22.9 Å². The molecule has 0 amide bonds. The molecule has 0 saturated heterocycles. The summed E-state index contributed by atoms with van der Waals surface area (Å²) in [6.45, 7) is 9.50. The Kier molecular flexibility index (Phi) is 1.97. The quantitative estimate of drug-likeness (QED) is 0.612. The lowest BCUT2D eigenvalue weighted by atomic mass is 9.58. The summed E-state index contributed by atoms with van der Waals surface area (Å²) in [7, 11) is 0. The topological polar surface area (TPSA) is 0 Å². The van der Waals surface area contributed by atoms with Crippen molar-refractivity contribution in [3.63, 3.8) is 0 Å². The van der Waals surface area contributed by atoms with Crippen molar-refractivity contribution in [2.45, 2.75) is 38.5 Å². The van der Waals surface area contributed by atoms with E-state index in [4.69, 9.17) is 0 Å². The fourth-order valence-electron chi connectivity index (χ4n) is 2.63. The maximum atomic E-state index is 2.37. The van der Waals surface area contributed by atoms with Crippen molar-refractivity contribution >= 4 is 22.7 Å². The van der Waals surface area contributed by atoms with Crippen LogP contribution in [0.4, 0.5) is 0 Å². The highest BCUT2D eigenvalue weighted by atomic mass is 32.1. The predicted molar refractivity (Wildman–Crippen MR) is 73.7 cm³/mol. The van der Waals surface area contributed by atoms with Gasteiger partial charge in [-0.3, -0.25) is 0 Å². The molecule has 0 aromatic carbocycles. The number of hydrogen-bond acceptors (Lipinski definition) is 2. The smallest absolute Gasteiger partial charge is 0.0483 e. The summed E-state index contributed by atoms with van der Waals surface area (Å²) in [5, 5.41) is 4.47. The van der Waals surface area contributed by atoms with E-state index < -0.39 is 0 Å². The summed E-state index contributed by atoms with van der Waals surface area (Å²) in [5.41, 5.74) is 3.49. The number of rotatable bonds is 0. The van der Waals surface area contributed by atoms with E-state index in [9.17, 15) is 0 Å². The zero-order valence-electron chi connectivity index (χ0n) is 10.1. The Labute approximate surface area is 105 Å². The molecule has 0 aliphatic heterocycles. The highest BCUT2D eigenvalue weighted by Crippen LogP contribution is 2.56. The van der Waals surface area contributed by atoms with Crippen LogP contribution in [0.3, 0.4) is 0 Å². The molecule has 2 heteroatoms. The van der Waals surface area contributed by atoms with Crippen LogP contribution in [0.25, 0.3) is 9.75 Å². The minimum absolute atomic E-state index is 0.219. The zero-order chi connectivity index (χ0) is 11.6. The van der Waals surface area contributed by atoms with Gasteiger partial charge in [0.05, 0.1) is 0 Å². The first-order valence-electron chi connectivity index (χ1n) is 5.62. The van der Waals surface area contributed by atoms with E-state index in [0.717, 1.165) is 0 Å². The lowest BCUT2D eigenvalue weighted by Crippen LogP contribution is -2.42. The van der Waals surface area contributed by atoms with Crippen LogP contribution in [-0.4, -0.2) is 0 Å². The minimum Gasteiger partial charge on any atom is -0.143 e. The second-order valence-electron chi connectivity index (χ2n) is 5.58. The van der Waals surface area contributed by atoms with Gasteiger partial charge in [-0.1, -0.05) is 27.7 Å². The standard InChI is InChI=1S/C14H16S2/c1-13(2)9-5-7-15-11(9)12-10(6-8-16-12)14(13,3)4/h5-8H,1-4H3. The van der Waals surface area contributed by atoms with Crippen molar-refractivity contribution in [2.75, 3.05) is 0 Å². The van der Waals surface area contributed by atoms with Gasteiger partial charge in [-0.2, -0.15) is 0 Å². The molecular formula is C14H16S2. The molecular weight excluding hydrogens is 232 g/mol. The van der Waals surface area contributed by atoms with E-state index in [2.05, 4.69) is 50.6 Å². The van der Waals surface area contributed by atoms with Crippen molar-refractivity contribution < 1.29 is 0 Å². The molecule has 1 aliphatic carbocycles. The lowest BCUT2D eigenvalue weighted by Gasteiger charge is -2.45. The van der Waals surface area contributed by atoms with Crippen LogP contribution in [-0.2, 0) is 10.8 Å². The number of fused-ring (bicyclic) bond motifs is 3. The number of hydrogen-bond donors (Lipinski definition) is 0. The molecule has 16 heavy (non-hydrogen) atoms. The molecule has 2 aromatic rings. The largest absolute Gasteiger partial charge is 0.143 e. The van der Waals surface area contributed by atoms with Crippen LogP contribution in [0.5, 0.6) is 0 Å². The van der Waals surface area contributed by atoms with Gasteiger partial charge in [-0.05, 0) is 34.0 Å². The summed E-state index contributed by atoms with van der Waals surface area (Å²) in [6, 6.07) is 4.62. The summed E-state index contributed by atoms with van der Waals surface area (Å²) in [4.78, 5) is 2.99. The molecule has 1 aliphatic rings. The average molecular weight is 248 g/mol. The summed E-state index contributed by atoms with van der Waals surface area (Å²) < 4.78 is 0. The molecule has 2 heterocycles. The molecule has 84 valence electrons. The number of thiophene rings is 2. The third-order valence-electron chi connectivity index (χ3n) is 4.45. The van der Waals surface area contributed by atoms with Crippen LogP contribution < -0.4 is 0 Å². The monoisotopic (exact) mass is 248 g/mol. The lowest BCUT2D eigenvalue weighted by molar-refractivity contribution is 0.301. The van der Waals surface area contributed by atoms with Gasteiger partial charge < -0.3 is 0 Å². The van der Waals surface area contributed by atoms with Gasteiger partial charge in [-0.15, -0.1) is 22.7 Å². The highest BCUT2D eigenvalue weighted by Gasteiger charge is 2.46. The normalized spacial score (nSPS) is 20.2. The van der Waals surface area contributed by atoms with Gasteiger partial charge >= 0.3 is 0 Å². The van der Waals surface area contributed by atoms with Crippen LogP contribution in [0, 0.1) is 0 Å². The molecule has 0 N–H and O–H groups in total. The Morgan fingerprint density at radius 1 is 0.750 bits per heavy atom. The first kappa shape index (κ1) is 10.5. The molecule has 0 saturated carbocycles. The summed E-state index contributed by atoms with van der Waals surface area (Å²) in [6.07, 6.45) is 0. The third kappa shape index (κ3) is 1.05. The van der Waals surface area contributed by atoms with Crippen LogP contribution >= 0.6 is 22.7 Å². The Hall–Kier alpha value is -0.600. The maximum absolute atomic E-state index is 2.37. The second-order valence-corrected chi connectivity index (χ2v) is 7.41. The van der Waals surface area contributed by atoms with Gasteiger partial charge in [0.25, 0.3) is 0 Å². The van der Waals surface area contributed by atoms with Crippen molar-refractivity contribution in [1.29, 1.82) is 0 Å². The molecule has 0 fully saturated rings. The van der Waals surface area contributed by atoms with E-state index in [1.165, 1.54) is 20.9 Å². The summed E-state index contributed by atoms with van der Waals surface area (Å²) in [5.74, 6) is 0. The van der Waals surface area contributed by atoms with Gasteiger partial charge in [0.15, 0.2) is 0 Å². The second kappa shape index (κ2) is 2.99. The van der Waals surface area contributed by atoms with Crippen LogP contribution in [0.1, 0.15) is 38.8 Å². The Morgan fingerprint density at radius 2 is 1.12 bits per heavy atom. The first-order chi connectivity index (χ1) is 7.46. The molecule has 3 rings (SSSR count). The van der Waals surface area contributed by atoms with Gasteiger partial charge in [0.2, 0.25) is 0 Å². The fraction of sp³-hybridized carbons (Fsp3) is 0.429. The Morgan fingerprint density at radius 3 is 1.50 bits per heavy atom. The van der Waals surface area contributed by atoms with E-state index >= 15 is 0 Å². The zero-order valence-corrected chi connectivity index (χ0v) is 11.8. The van der Waals surface area contributed by atoms with Gasteiger partial charge in [0, 0.05) is 20.6 Å². The fourth-order valence-corrected chi connectivity index (χ4v) is 4.93. The van der Waals surface area contributed by atoms with Crippen molar-refractivity contribution in [3.05, 3.63) is 34.0 Å². The van der Waals surface area contributed by atoms with Crippen molar-refractivity contribution in [3.8, 4) is 9.75 Å². The molecule has 0 nitrogen and oxygen atoms in total. The van der Waals surface area contributed by atoms with E-state index in [-0.39, 0.29) is 10.8 Å². The van der Waals surface area contributed by atoms with E-state index in [0.29, 0.717) is 0 Å². The third-order valence-corrected chi connectivity index (χ3v) is 6.44. The molecule has 2 aromatic heterocycles. The molecule has 0 radical (unpaired) electrons. The minimum atomic E-state index is 0.219. The first-order valence-corrected chi connectivity index (χ1v) is 7.38. The van der Waals surface area contributed by atoms with Crippen molar-refractivity contribution in [1.82, 2.24) is 0 Å². The van der Waals surface area contributed by atoms with E-state index in [1.54, 1.807) is 0 Å². The predicted octanol–water partition coefficient (Wildman–Crippen LogP) is 5.05. The molecule has 0 spiro atoms. The van der Waals surface area contributed by atoms with Crippen molar-refractivity contribution in [2.24, 2.45) is 0 Å². The average Bonchev–Trinajstić information content (AvgIpc) is 2.84. The SMILES string of the molecule is CC1(C)c2ccsc2-c2sccc2C1(C)C.